The van der Waals surface area contributed by atoms with Crippen LogP contribution in [0.15, 0.2) is 41.8 Å². The molecule has 1 heterocycles. The maximum Gasteiger partial charge on any atom is 0.130 e. The van der Waals surface area contributed by atoms with Crippen molar-refractivity contribution in [2.24, 2.45) is 0 Å². The Bertz CT molecular complexity index is 585. The van der Waals surface area contributed by atoms with Gasteiger partial charge in [0.15, 0.2) is 0 Å². The molecule has 0 saturated heterocycles. The van der Waals surface area contributed by atoms with Gasteiger partial charge in [0.05, 0.1) is 7.11 Å². The van der Waals surface area contributed by atoms with Crippen LogP contribution >= 0.6 is 11.8 Å². The summed E-state index contributed by atoms with van der Waals surface area (Å²) < 4.78 is 19.5. The van der Waals surface area contributed by atoms with Gasteiger partial charge in [-0.1, -0.05) is 38.2 Å². The normalized spacial score (nSPS) is 20.9. The topological polar surface area (TPSA) is 9.23 Å². The van der Waals surface area contributed by atoms with Gasteiger partial charge in [-0.3, -0.25) is 0 Å². The van der Waals surface area contributed by atoms with Crippen molar-refractivity contribution in [2.75, 3.05) is 12.9 Å². The molecule has 21 heavy (non-hydrogen) atoms. The van der Waals surface area contributed by atoms with Gasteiger partial charge in [-0.05, 0) is 34.9 Å². The molecular formula is C18H21FOS. The van der Waals surface area contributed by atoms with Gasteiger partial charge in [-0.15, -0.1) is 11.8 Å². The lowest BCUT2D eigenvalue weighted by molar-refractivity contribution is 0.409. The Labute approximate surface area is 130 Å². The predicted molar refractivity (Wildman–Crippen MR) is 90.4 cm³/mol. The third kappa shape index (κ3) is 4.01. The smallest absolute Gasteiger partial charge is 0.130 e. The fourth-order valence-corrected chi connectivity index (χ4v) is 3.01. The van der Waals surface area contributed by atoms with Gasteiger partial charge in [0.1, 0.15) is 11.6 Å². The number of allylic oxidation sites excluding steroid dienone is 4. The molecule has 0 saturated carbocycles. The molecule has 1 aromatic rings. The van der Waals surface area contributed by atoms with Gasteiger partial charge in [-0.25, -0.2) is 4.39 Å². The molecule has 112 valence electrons. The van der Waals surface area contributed by atoms with E-state index in [0.717, 1.165) is 23.3 Å². The van der Waals surface area contributed by atoms with Crippen LogP contribution in [-0.4, -0.2) is 12.9 Å². The largest absolute Gasteiger partial charge is 0.496 e. The molecule has 0 bridgehead atoms. The van der Waals surface area contributed by atoms with Crippen molar-refractivity contribution in [2.45, 2.75) is 26.2 Å². The molecule has 3 heteroatoms. The van der Waals surface area contributed by atoms with Crippen LogP contribution < -0.4 is 4.74 Å². The second-order valence-electron chi connectivity index (χ2n) is 5.27. The van der Waals surface area contributed by atoms with Gasteiger partial charge >= 0.3 is 0 Å². The van der Waals surface area contributed by atoms with E-state index < -0.39 is 0 Å². The Morgan fingerprint density at radius 3 is 2.67 bits per heavy atom. The second-order valence-corrected chi connectivity index (χ2v) is 6.17. The highest BCUT2D eigenvalue weighted by molar-refractivity contribution is 8.02. The molecule has 1 aliphatic heterocycles. The number of hydrogen-bond acceptors (Lipinski definition) is 2. The van der Waals surface area contributed by atoms with E-state index in [1.165, 1.54) is 11.6 Å². The molecule has 0 fully saturated rings. The highest BCUT2D eigenvalue weighted by atomic mass is 32.2. The fraction of sp³-hybridized carbons (Fsp3) is 0.333. The number of methoxy groups -OCH3 is 1. The zero-order chi connectivity index (χ0) is 15.2. The molecule has 0 aliphatic carbocycles. The molecular weight excluding hydrogens is 283 g/mol. The van der Waals surface area contributed by atoms with Crippen LogP contribution in [0.1, 0.15) is 37.3 Å². The minimum atomic E-state index is -0.195. The van der Waals surface area contributed by atoms with Crippen LogP contribution in [0.2, 0.25) is 0 Å². The summed E-state index contributed by atoms with van der Waals surface area (Å²) in [5.41, 5.74) is 2.89. The standard InChI is InChI=1S/C18H21FOS/c1-13(2)15-10-16(18(20-3)11-17(15)19)14-8-6-4-5-7-9-21-12-14/h4-7,10-13H,8-9H2,1-3H3/b6-4-,7-5-,14-12+. The van der Waals surface area contributed by atoms with Crippen molar-refractivity contribution in [1.82, 2.24) is 0 Å². The summed E-state index contributed by atoms with van der Waals surface area (Å²) in [5.74, 6) is 1.49. The lowest BCUT2D eigenvalue weighted by Crippen LogP contribution is -1.99. The van der Waals surface area contributed by atoms with E-state index in [4.69, 9.17) is 4.74 Å². The van der Waals surface area contributed by atoms with Crippen LogP contribution in [-0.2, 0) is 0 Å². The summed E-state index contributed by atoms with van der Waals surface area (Å²) in [7, 11) is 1.59. The van der Waals surface area contributed by atoms with Crippen LogP contribution in [0.3, 0.4) is 0 Å². The van der Waals surface area contributed by atoms with Crippen molar-refractivity contribution in [3.8, 4) is 5.75 Å². The molecule has 1 aliphatic rings. The molecule has 0 radical (unpaired) electrons. The third-order valence-electron chi connectivity index (χ3n) is 3.43. The van der Waals surface area contributed by atoms with Gasteiger partial charge < -0.3 is 4.74 Å². The molecule has 0 unspecified atom stereocenters. The van der Waals surface area contributed by atoms with Crippen LogP contribution in [0.25, 0.3) is 5.57 Å². The summed E-state index contributed by atoms with van der Waals surface area (Å²) in [5, 5.41) is 2.15. The monoisotopic (exact) mass is 304 g/mol. The third-order valence-corrected chi connectivity index (χ3v) is 4.26. The first-order valence-electron chi connectivity index (χ1n) is 7.13. The van der Waals surface area contributed by atoms with Gasteiger partial charge in [0, 0.05) is 17.4 Å². The van der Waals surface area contributed by atoms with Gasteiger partial charge in [-0.2, -0.15) is 0 Å². The fourth-order valence-electron chi connectivity index (χ4n) is 2.27. The Morgan fingerprint density at radius 2 is 1.95 bits per heavy atom. The van der Waals surface area contributed by atoms with E-state index in [9.17, 15) is 4.39 Å². The van der Waals surface area contributed by atoms with E-state index in [2.05, 4.69) is 29.7 Å². The predicted octanol–water partition coefficient (Wildman–Crippen LogP) is 5.55. The molecule has 0 spiro atoms. The molecule has 0 amide bonds. The van der Waals surface area contributed by atoms with Crippen LogP contribution in [0.5, 0.6) is 5.75 Å². The molecule has 1 nitrogen and oxygen atoms in total. The minimum Gasteiger partial charge on any atom is -0.496 e. The van der Waals surface area contributed by atoms with Crippen molar-refractivity contribution >= 4 is 17.3 Å². The van der Waals surface area contributed by atoms with Gasteiger partial charge in [0.25, 0.3) is 0 Å². The van der Waals surface area contributed by atoms with Crippen molar-refractivity contribution in [3.05, 3.63) is 58.8 Å². The van der Waals surface area contributed by atoms with Crippen molar-refractivity contribution in [3.63, 3.8) is 0 Å². The second kappa shape index (κ2) is 7.51. The van der Waals surface area contributed by atoms with E-state index >= 15 is 0 Å². The van der Waals surface area contributed by atoms with E-state index in [0.29, 0.717) is 5.75 Å². The van der Waals surface area contributed by atoms with E-state index in [1.54, 1.807) is 18.9 Å². The van der Waals surface area contributed by atoms with Gasteiger partial charge in [0.2, 0.25) is 0 Å². The van der Waals surface area contributed by atoms with E-state index in [-0.39, 0.29) is 11.7 Å². The zero-order valence-corrected chi connectivity index (χ0v) is 13.5. The number of thioether (sulfide) groups is 1. The number of benzene rings is 1. The number of ether oxygens (including phenoxy) is 1. The summed E-state index contributed by atoms with van der Waals surface area (Å²) in [4.78, 5) is 0. The number of hydrogen-bond donors (Lipinski definition) is 0. The summed E-state index contributed by atoms with van der Waals surface area (Å²) in [6.07, 6.45) is 9.18. The SMILES string of the molecule is COc1cc(F)c(C(C)C)cc1/C1=C/SC/C=C\C=C/C1. The van der Waals surface area contributed by atoms with Crippen molar-refractivity contribution < 1.29 is 9.13 Å². The maximum atomic E-state index is 14.1. The molecule has 2 rings (SSSR count). The van der Waals surface area contributed by atoms with Crippen LogP contribution in [0.4, 0.5) is 4.39 Å². The lowest BCUT2D eigenvalue weighted by Gasteiger charge is -2.16. The lowest BCUT2D eigenvalue weighted by atomic mass is 9.95. The summed E-state index contributed by atoms with van der Waals surface area (Å²) >= 11 is 1.74. The Hall–Kier alpha value is -1.48. The highest BCUT2D eigenvalue weighted by Crippen LogP contribution is 2.35. The first-order valence-corrected chi connectivity index (χ1v) is 8.18. The van der Waals surface area contributed by atoms with E-state index in [1.807, 2.05) is 19.9 Å². The highest BCUT2D eigenvalue weighted by Gasteiger charge is 2.15. The number of halogens is 1. The minimum absolute atomic E-state index is 0.149. The summed E-state index contributed by atoms with van der Waals surface area (Å²) in [6.45, 7) is 4.01. The first kappa shape index (κ1) is 15.9. The van der Waals surface area contributed by atoms with Crippen LogP contribution in [0, 0.1) is 5.82 Å². The maximum absolute atomic E-state index is 14.1. The average Bonchev–Trinajstić information content (AvgIpc) is 2.60. The molecule has 0 N–H and O–H groups in total. The Kier molecular flexibility index (Phi) is 5.68. The quantitative estimate of drug-likeness (QED) is 0.724. The molecule has 0 aromatic heterocycles. The average molecular weight is 304 g/mol. The molecule has 1 aromatic carbocycles. The first-order chi connectivity index (χ1) is 10.1. The molecule has 0 atom stereocenters. The Balaban J connectivity index is 2.47. The Morgan fingerprint density at radius 1 is 1.19 bits per heavy atom. The van der Waals surface area contributed by atoms with Crippen molar-refractivity contribution in [1.29, 1.82) is 0 Å². The number of rotatable bonds is 3. The zero-order valence-electron chi connectivity index (χ0n) is 12.7. The summed E-state index contributed by atoms with van der Waals surface area (Å²) in [6, 6.07) is 3.44.